The first-order chi connectivity index (χ1) is 9.27. The number of thiazole rings is 1. The third-order valence-corrected chi connectivity index (χ3v) is 3.84. The minimum atomic E-state index is -4.45. The fourth-order valence-electron chi connectivity index (χ4n) is 1.34. The lowest BCUT2D eigenvalue weighted by Gasteiger charge is -2.10. The van der Waals surface area contributed by atoms with Crippen molar-refractivity contribution in [1.82, 2.24) is 4.98 Å². The number of benzene rings is 1. The van der Waals surface area contributed by atoms with Crippen molar-refractivity contribution in [3.8, 4) is 0 Å². The van der Waals surface area contributed by atoms with E-state index in [9.17, 15) is 18.0 Å². The molecule has 0 aliphatic heterocycles. The van der Waals surface area contributed by atoms with Crippen LogP contribution in [0.1, 0.15) is 15.2 Å². The molecule has 1 heterocycles. The van der Waals surface area contributed by atoms with Gasteiger partial charge in [0.05, 0.1) is 17.4 Å². The Balaban J connectivity index is 2.30. The number of nitrogens with one attached hydrogen (secondary N) is 1. The van der Waals surface area contributed by atoms with Crippen LogP contribution in [0.3, 0.4) is 0 Å². The van der Waals surface area contributed by atoms with Crippen molar-refractivity contribution in [3.63, 3.8) is 0 Å². The van der Waals surface area contributed by atoms with Crippen LogP contribution in [0.2, 0.25) is 0 Å². The molecule has 0 saturated heterocycles. The number of nitrogens with zero attached hydrogens (tertiary/aromatic N) is 1. The quantitative estimate of drug-likeness (QED) is 0.846. The SMILES string of the molecule is O=C(O)c1cnc(Nc2cc(C(F)(F)F)ccc2Br)s1. The van der Waals surface area contributed by atoms with Crippen LogP contribution in [-0.4, -0.2) is 16.1 Å². The second-order valence-electron chi connectivity index (χ2n) is 3.65. The normalized spacial score (nSPS) is 11.4. The lowest BCUT2D eigenvalue weighted by Crippen LogP contribution is -2.05. The molecule has 0 aliphatic rings. The van der Waals surface area contributed by atoms with E-state index in [0.29, 0.717) is 4.47 Å². The topological polar surface area (TPSA) is 62.2 Å². The van der Waals surface area contributed by atoms with Gasteiger partial charge >= 0.3 is 12.1 Å². The third-order valence-electron chi connectivity index (χ3n) is 2.25. The maximum absolute atomic E-state index is 12.6. The first kappa shape index (κ1) is 14.8. The summed E-state index contributed by atoms with van der Waals surface area (Å²) in [6.45, 7) is 0. The Bertz CT molecular complexity index is 657. The van der Waals surface area contributed by atoms with E-state index in [1.165, 1.54) is 6.07 Å². The van der Waals surface area contributed by atoms with Gasteiger partial charge in [0.1, 0.15) is 4.88 Å². The van der Waals surface area contributed by atoms with Crippen LogP contribution in [0.25, 0.3) is 0 Å². The van der Waals surface area contributed by atoms with Crippen molar-refractivity contribution in [2.24, 2.45) is 0 Å². The molecule has 9 heteroatoms. The summed E-state index contributed by atoms with van der Waals surface area (Å²) in [6.07, 6.45) is -3.32. The van der Waals surface area contributed by atoms with Gasteiger partial charge in [0.15, 0.2) is 5.13 Å². The van der Waals surface area contributed by atoms with Crippen LogP contribution in [0.5, 0.6) is 0 Å². The molecule has 106 valence electrons. The lowest BCUT2D eigenvalue weighted by molar-refractivity contribution is -0.137. The Hall–Kier alpha value is -1.61. The monoisotopic (exact) mass is 366 g/mol. The predicted octanol–water partition coefficient (Wildman–Crippen LogP) is 4.37. The summed E-state index contributed by atoms with van der Waals surface area (Å²) in [6, 6.07) is 3.13. The standard InChI is InChI=1S/C11H6BrF3N2O2S/c12-6-2-1-5(11(13,14)15)3-7(6)17-10-16-4-8(20-10)9(18)19/h1-4H,(H,16,17)(H,18,19). The fraction of sp³-hybridized carbons (Fsp3) is 0.0909. The number of alkyl halides is 3. The van der Waals surface area contributed by atoms with Gasteiger partial charge in [0.2, 0.25) is 0 Å². The minimum absolute atomic E-state index is 0.00408. The average molecular weight is 367 g/mol. The molecule has 0 bridgehead atoms. The van der Waals surface area contributed by atoms with E-state index >= 15 is 0 Å². The minimum Gasteiger partial charge on any atom is -0.477 e. The molecule has 0 fully saturated rings. The smallest absolute Gasteiger partial charge is 0.416 e. The molecule has 0 atom stereocenters. The third kappa shape index (κ3) is 3.28. The Kier molecular flexibility index (Phi) is 4.00. The number of hydrogen-bond donors (Lipinski definition) is 2. The van der Waals surface area contributed by atoms with E-state index < -0.39 is 17.7 Å². The van der Waals surface area contributed by atoms with Crippen molar-refractivity contribution in [2.45, 2.75) is 6.18 Å². The molecule has 20 heavy (non-hydrogen) atoms. The Labute approximate surface area is 123 Å². The van der Waals surface area contributed by atoms with Crippen LogP contribution in [0.15, 0.2) is 28.9 Å². The van der Waals surface area contributed by atoms with Gasteiger partial charge in [-0.1, -0.05) is 11.3 Å². The molecule has 1 aromatic heterocycles. The Morgan fingerprint density at radius 1 is 1.40 bits per heavy atom. The molecular formula is C11H6BrF3N2O2S. The van der Waals surface area contributed by atoms with Crippen molar-refractivity contribution >= 4 is 44.1 Å². The number of hydrogen-bond acceptors (Lipinski definition) is 4. The Morgan fingerprint density at radius 3 is 2.65 bits per heavy atom. The van der Waals surface area contributed by atoms with E-state index in [4.69, 9.17) is 5.11 Å². The zero-order chi connectivity index (χ0) is 14.9. The maximum atomic E-state index is 12.6. The number of halogens is 4. The highest BCUT2D eigenvalue weighted by Crippen LogP contribution is 2.35. The number of aromatic carboxylic acids is 1. The molecule has 0 aliphatic carbocycles. The number of carboxylic acids is 1. The number of anilines is 2. The lowest BCUT2D eigenvalue weighted by atomic mass is 10.2. The van der Waals surface area contributed by atoms with Crippen LogP contribution in [-0.2, 0) is 6.18 Å². The van der Waals surface area contributed by atoms with Crippen LogP contribution >= 0.6 is 27.3 Å². The van der Waals surface area contributed by atoms with Gasteiger partial charge in [-0.2, -0.15) is 13.2 Å². The van der Waals surface area contributed by atoms with Gasteiger partial charge in [-0.25, -0.2) is 9.78 Å². The number of carboxylic acid groups (broad SMARTS) is 1. The predicted molar refractivity (Wildman–Crippen MR) is 71.5 cm³/mol. The molecule has 0 radical (unpaired) electrons. The van der Waals surface area contributed by atoms with E-state index in [0.717, 1.165) is 29.7 Å². The van der Waals surface area contributed by atoms with Crippen molar-refractivity contribution in [2.75, 3.05) is 5.32 Å². The summed E-state index contributed by atoms with van der Waals surface area (Å²) in [7, 11) is 0. The second kappa shape index (κ2) is 5.41. The molecule has 0 spiro atoms. The van der Waals surface area contributed by atoms with E-state index in [1.54, 1.807) is 0 Å². The number of aromatic nitrogens is 1. The highest BCUT2D eigenvalue weighted by atomic mass is 79.9. The number of rotatable bonds is 3. The molecule has 0 saturated carbocycles. The first-order valence-corrected chi connectivity index (χ1v) is 6.71. The second-order valence-corrected chi connectivity index (χ2v) is 5.54. The van der Waals surface area contributed by atoms with Gasteiger partial charge in [-0.05, 0) is 34.1 Å². The summed E-state index contributed by atoms with van der Waals surface area (Å²) >= 11 is 3.96. The van der Waals surface area contributed by atoms with Gasteiger partial charge in [0.25, 0.3) is 0 Å². The van der Waals surface area contributed by atoms with Crippen molar-refractivity contribution in [3.05, 3.63) is 39.3 Å². The summed E-state index contributed by atoms with van der Waals surface area (Å²) in [4.78, 5) is 14.5. The highest BCUT2D eigenvalue weighted by Gasteiger charge is 2.31. The van der Waals surface area contributed by atoms with Crippen LogP contribution in [0, 0.1) is 0 Å². The van der Waals surface area contributed by atoms with E-state index in [-0.39, 0.29) is 15.7 Å². The van der Waals surface area contributed by atoms with Gasteiger partial charge in [-0.3, -0.25) is 0 Å². The largest absolute Gasteiger partial charge is 0.477 e. The number of carbonyl (C=O) groups is 1. The average Bonchev–Trinajstić information content (AvgIpc) is 2.79. The fourth-order valence-corrected chi connectivity index (χ4v) is 2.36. The molecular weight excluding hydrogens is 361 g/mol. The van der Waals surface area contributed by atoms with Crippen molar-refractivity contribution in [1.29, 1.82) is 0 Å². The Morgan fingerprint density at radius 2 is 2.10 bits per heavy atom. The molecule has 2 aromatic rings. The molecule has 0 amide bonds. The molecule has 1 aromatic carbocycles. The van der Waals surface area contributed by atoms with E-state index in [2.05, 4.69) is 26.2 Å². The van der Waals surface area contributed by atoms with E-state index in [1.807, 2.05) is 0 Å². The molecule has 2 N–H and O–H groups in total. The maximum Gasteiger partial charge on any atom is 0.416 e. The zero-order valence-corrected chi connectivity index (χ0v) is 11.9. The first-order valence-electron chi connectivity index (χ1n) is 5.10. The van der Waals surface area contributed by atoms with Crippen molar-refractivity contribution < 1.29 is 23.1 Å². The van der Waals surface area contributed by atoms with Crippen LogP contribution < -0.4 is 5.32 Å². The van der Waals surface area contributed by atoms with Crippen LogP contribution in [0.4, 0.5) is 24.0 Å². The van der Waals surface area contributed by atoms with Gasteiger partial charge < -0.3 is 10.4 Å². The summed E-state index contributed by atoms with van der Waals surface area (Å²) < 4.78 is 38.3. The summed E-state index contributed by atoms with van der Waals surface area (Å²) in [5.41, 5.74) is -0.649. The summed E-state index contributed by atoms with van der Waals surface area (Å²) in [5, 5.41) is 11.6. The highest BCUT2D eigenvalue weighted by molar-refractivity contribution is 9.10. The summed E-state index contributed by atoms with van der Waals surface area (Å²) in [5.74, 6) is -1.14. The van der Waals surface area contributed by atoms with Gasteiger partial charge in [0, 0.05) is 4.47 Å². The molecule has 2 rings (SSSR count). The zero-order valence-electron chi connectivity index (χ0n) is 9.53. The molecule has 4 nitrogen and oxygen atoms in total. The molecule has 0 unspecified atom stereocenters. The van der Waals surface area contributed by atoms with Gasteiger partial charge in [-0.15, -0.1) is 0 Å².